The molecule has 3 N–H and O–H groups in total. The maximum absolute atomic E-state index is 12.2. The van der Waals surface area contributed by atoms with Crippen molar-refractivity contribution in [1.29, 1.82) is 0 Å². The lowest BCUT2D eigenvalue weighted by Crippen LogP contribution is -2.43. The smallest absolute Gasteiger partial charge is 0.260 e. The van der Waals surface area contributed by atoms with Crippen molar-refractivity contribution in [2.75, 3.05) is 26.3 Å². The van der Waals surface area contributed by atoms with Gasteiger partial charge in [0.05, 0.1) is 5.56 Å². The van der Waals surface area contributed by atoms with Gasteiger partial charge in [0.1, 0.15) is 10.7 Å². The van der Waals surface area contributed by atoms with Crippen molar-refractivity contribution in [3.05, 3.63) is 29.8 Å². The Morgan fingerprint density at radius 2 is 2.24 bits per heavy atom. The second kappa shape index (κ2) is 7.38. The zero-order valence-corrected chi connectivity index (χ0v) is 12.6. The molecule has 21 heavy (non-hydrogen) atoms. The third-order valence-corrected chi connectivity index (χ3v) is 3.85. The lowest BCUT2D eigenvalue weighted by molar-refractivity contribution is -0.135. The zero-order chi connectivity index (χ0) is 15.2. The van der Waals surface area contributed by atoms with E-state index in [0.717, 1.165) is 19.4 Å². The number of para-hydroxylation sites is 1. The molecule has 1 aliphatic heterocycles. The highest BCUT2D eigenvalue weighted by Gasteiger charge is 2.23. The molecule has 1 unspecified atom stereocenters. The molecule has 1 saturated heterocycles. The number of nitrogens with zero attached hydrogens (tertiary/aromatic N) is 1. The van der Waals surface area contributed by atoms with Gasteiger partial charge in [-0.15, -0.1) is 0 Å². The summed E-state index contributed by atoms with van der Waals surface area (Å²) in [6, 6.07) is 7.14. The fraction of sp³-hybridized carbons (Fsp3) is 0.467. The third kappa shape index (κ3) is 4.15. The van der Waals surface area contributed by atoms with E-state index in [9.17, 15) is 9.90 Å². The number of thiocarbonyl (C=S) groups is 1. The number of piperidine rings is 1. The van der Waals surface area contributed by atoms with Crippen molar-refractivity contribution in [2.24, 2.45) is 11.7 Å². The summed E-state index contributed by atoms with van der Waals surface area (Å²) in [7, 11) is 0. The number of hydrogen-bond donors (Lipinski definition) is 2. The van der Waals surface area contributed by atoms with E-state index in [1.54, 1.807) is 17.0 Å². The van der Waals surface area contributed by atoms with Gasteiger partial charge in [0.2, 0.25) is 0 Å². The summed E-state index contributed by atoms with van der Waals surface area (Å²) in [5, 5.41) is 9.20. The largest absolute Gasteiger partial charge is 0.483 e. The van der Waals surface area contributed by atoms with Gasteiger partial charge in [0.25, 0.3) is 5.91 Å². The van der Waals surface area contributed by atoms with Gasteiger partial charge >= 0.3 is 0 Å². The molecule has 5 nitrogen and oxygen atoms in total. The van der Waals surface area contributed by atoms with Gasteiger partial charge in [0, 0.05) is 19.7 Å². The van der Waals surface area contributed by atoms with E-state index in [0.29, 0.717) is 17.9 Å². The minimum absolute atomic E-state index is 0.0439. The number of aliphatic hydroxyl groups excluding tert-OH is 1. The van der Waals surface area contributed by atoms with E-state index < -0.39 is 0 Å². The van der Waals surface area contributed by atoms with Crippen molar-refractivity contribution in [3.8, 4) is 5.75 Å². The van der Waals surface area contributed by atoms with Gasteiger partial charge in [-0.1, -0.05) is 24.4 Å². The van der Waals surface area contributed by atoms with Crippen molar-refractivity contribution in [3.63, 3.8) is 0 Å². The Morgan fingerprint density at radius 3 is 2.95 bits per heavy atom. The van der Waals surface area contributed by atoms with Crippen LogP contribution in [0.25, 0.3) is 0 Å². The number of amides is 1. The van der Waals surface area contributed by atoms with Gasteiger partial charge in [0.15, 0.2) is 6.61 Å². The molecule has 0 spiro atoms. The van der Waals surface area contributed by atoms with E-state index in [2.05, 4.69) is 0 Å². The number of carbonyl (C=O) groups excluding carboxylic acids is 1. The Labute approximate surface area is 129 Å². The average Bonchev–Trinajstić information content (AvgIpc) is 2.52. The first kappa shape index (κ1) is 15.7. The van der Waals surface area contributed by atoms with Crippen molar-refractivity contribution in [2.45, 2.75) is 12.8 Å². The van der Waals surface area contributed by atoms with Crippen molar-refractivity contribution >= 4 is 23.1 Å². The highest BCUT2D eigenvalue weighted by Crippen LogP contribution is 2.19. The fourth-order valence-corrected chi connectivity index (χ4v) is 2.64. The summed E-state index contributed by atoms with van der Waals surface area (Å²) < 4.78 is 5.56. The summed E-state index contributed by atoms with van der Waals surface area (Å²) in [5.74, 6) is 0.617. The molecule has 6 heteroatoms. The number of likely N-dealkylation sites (tertiary alicyclic amines) is 1. The second-order valence-electron chi connectivity index (χ2n) is 5.18. The average molecular weight is 308 g/mol. The molecule has 114 valence electrons. The monoisotopic (exact) mass is 308 g/mol. The topological polar surface area (TPSA) is 75.8 Å². The molecule has 1 atom stereocenters. The van der Waals surface area contributed by atoms with E-state index in [1.165, 1.54) is 0 Å². The highest BCUT2D eigenvalue weighted by molar-refractivity contribution is 7.80. The first-order valence-corrected chi connectivity index (χ1v) is 7.43. The Kier molecular flexibility index (Phi) is 5.52. The number of carbonyl (C=O) groups is 1. The summed E-state index contributed by atoms with van der Waals surface area (Å²) in [6.45, 7) is 1.39. The quantitative estimate of drug-likeness (QED) is 0.792. The molecule has 2 rings (SSSR count). The van der Waals surface area contributed by atoms with Crippen LogP contribution in [0.3, 0.4) is 0 Å². The van der Waals surface area contributed by atoms with Crippen LogP contribution in [-0.2, 0) is 4.79 Å². The van der Waals surface area contributed by atoms with Crippen LogP contribution < -0.4 is 10.5 Å². The summed E-state index contributed by atoms with van der Waals surface area (Å²) in [5.41, 5.74) is 6.26. The summed E-state index contributed by atoms with van der Waals surface area (Å²) >= 11 is 4.96. The second-order valence-corrected chi connectivity index (χ2v) is 5.62. The third-order valence-electron chi connectivity index (χ3n) is 3.63. The molecule has 1 amide bonds. The molecule has 0 aliphatic carbocycles. The zero-order valence-electron chi connectivity index (χ0n) is 11.8. The fourth-order valence-electron chi connectivity index (χ4n) is 2.47. The number of benzene rings is 1. The number of hydrogen-bond acceptors (Lipinski definition) is 4. The van der Waals surface area contributed by atoms with Crippen LogP contribution in [0, 0.1) is 5.92 Å². The van der Waals surface area contributed by atoms with Crippen LogP contribution >= 0.6 is 12.2 Å². The normalized spacial score (nSPS) is 18.3. The minimum atomic E-state index is -0.0779. The van der Waals surface area contributed by atoms with Gasteiger partial charge in [-0.2, -0.15) is 0 Å². The SMILES string of the molecule is NC(=S)c1ccccc1OCC(=O)N1CCCC(CO)C1. The van der Waals surface area contributed by atoms with Crippen LogP contribution in [0.5, 0.6) is 5.75 Å². The highest BCUT2D eigenvalue weighted by atomic mass is 32.1. The summed E-state index contributed by atoms with van der Waals surface area (Å²) in [4.78, 5) is 14.2. The van der Waals surface area contributed by atoms with Crippen molar-refractivity contribution < 1.29 is 14.6 Å². The predicted octanol–water partition coefficient (Wildman–Crippen LogP) is 0.930. The molecule has 1 aromatic carbocycles. The van der Waals surface area contributed by atoms with Gasteiger partial charge < -0.3 is 20.5 Å². The number of rotatable bonds is 5. The Balaban J connectivity index is 1.94. The Bertz CT molecular complexity index is 521. The minimum Gasteiger partial charge on any atom is -0.483 e. The maximum atomic E-state index is 12.2. The Hall–Kier alpha value is -1.66. The molecular weight excluding hydrogens is 288 g/mol. The van der Waals surface area contributed by atoms with E-state index in [4.69, 9.17) is 22.7 Å². The molecule has 1 heterocycles. The predicted molar refractivity (Wildman–Crippen MR) is 84.2 cm³/mol. The molecule has 0 bridgehead atoms. The van der Waals surface area contributed by atoms with Crippen LogP contribution in [0.15, 0.2) is 24.3 Å². The maximum Gasteiger partial charge on any atom is 0.260 e. The first-order chi connectivity index (χ1) is 10.1. The lowest BCUT2D eigenvalue weighted by Gasteiger charge is -2.31. The van der Waals surface area contributed by atoms with Gasteiger partial charge in [-0.25, -0.2) is 0 Å². The van der Waals surface area contributed by atoms with Crippen LogP contribution in [-0.4, -0.2) is 47.2 Å². The van der Waals surface area contributed by atoms with Crippen molar-refractivity contribution in [1.82, 2.24) is 4.90 Å². The molecule has 1 aliphatic rings. The van der Waals surface area contributed by atoms with E-state index >= 15 is 0 Å². The van der Waals surface area contributed by atoms with Crippen LogP contribution in [0.4, 0.5) is 0 Å². The molecular formula is C15H20N2O3S. The molecule has 0 radical (unpaired) electrons. The molecule has 0 aromatic heterocycles. The van der Waals surface area contributed by atoms with Crippen LogP contribution in [0.1, 0.15) is 18.4 Å². The molecule has 0 saturated carbocycles. The number of ether oxygens (including phenoxy) is 1. The molecule has 1 aromatic rings. The number of aliphatic hydroxyl groups is 1. The Morgan fingerprint density at radius 1 is 1.48 bits per heavy atom. The van der Waals surface area contributed by atoms with E-state index in [-0.39, 0.29) is 30.0 Å². The van der Waals surface area contributed by atoms with E-state index in [1.807, 2.05) is 12.1 Å². The van der Waals surface area contributed by atoms with Gasteiger partial charge in [-0.05, 0) is 30.9 Å². The summed E-state index contributed by atoms with van der Waals surface area (Å²) in [6.07, 6.45) is 1.88. The standard InChI is InChI=1S/C15H20N2O3S/c16-15(21)12-5-1-2-6-13(12)20-10-14(19)17-7-3-4-11(8-17)9-18/h1-2,5-6,11,18H,3-4,7-10H2,(H2,16,21). The first-order valence-electron chi connectivity index (χ1n) is 7.02. The molecule has 1 fully saturated rings. The number of nitrogens with two attached hydrogens (primary N) is 1. The van der Waals surface area contributed by atoms with Gasteiger partial charge in [-0.3, -0.25) is 4.79 Å². The van der Waals surface area contributed by atoms with Crippen LogP contribution in [0.2, 0.25) is 0 Å². The lowest BCUT2D eigenvalue weighted by atomic mass is 9.99.